The Bertz CT molecular complexity index is 318. The van der Waals surface area contributed by atoms with Crippen LogP contribution in [0.25, 0.3) is 0 Å². The van der Waals surface area contributed by atoms with Crippen molar-refractivity contribution < 1.29 is 14.7 Å². The Hall–Kier alpha value is -1.85. The molecule has 1 heterocycles. The Morgan fingerprint density at radius 2 is 2.50 bits per heavy atom. The molecule has 12 heavy (non-hydrogen) atoms. The predicted molar refractivity (Wildman–Crippen MR) is 40.2 cm³/mol. The average Bonchev–Trinajstić information content (AvgIpc) is 2.29. The molecule has 1 amide bonds. The molecule has 0 aliphatic heterocycles. The second-order valence-corrected chi connectivity index (χ2v) is 2.14. The van der Waals surface area contributed by atoms with Gasteiger partial charge in [0.15, 0.2) is 17.9 Å². The first-order valence-electron chi connectivity index (χ1n) is 3.12. The minimum atomic E-state index is -1.20. The normalized spacial score (nSPS) is 9.42. The fourth-order valence-corrected chi connectivity index (χ4v) is 0.760. The van der Waals surface area contributed by atoms with E-state index in [9.17, 15) is 9.59 Å². The maximum absolute atomic E-state index is 10.3. The van der Waals surface area contributed by atoms with Crippen molar-refractivity contribution in [2.45, 2.75) is 0 Å². The summed E-state index contributed by atoms with van der Waals surface area (Å²) in [6.07, 6.45) is 0.760. The SMILES string of the molecule is Cn1cc(NC(=O)O)nc1C=O. The summed E-state index contributed by atoms with van der Waals surface area (Å²) >= 11 is 0. The molecule has 6 heteroatoms. The van der Waals surface area contributed by atoms with Gasteiger partial charge < -0.3 is 9.67 Å². The van der Waals surface area contributed by atoms with E-state index in [-0.39, 0.29) is 11.6 Å². The van der Waals surface area contributed by atoms with Crippen LogP contribution in [-0.2, 0) is 7.05 Å². The van der Waals surface area contributed by atoms with E-state index < -0.39 is 6.09 Å². The molecule has 0 saturated heterocycles. The quantitative estimate of drug-likeness (QED) is 0.624. The third kappa shape index (κ3) is 1.60. The highest BCUT2D eigenvalue weighted by Gasteiger charge is 2.05. The van der Waals surface area contributed by atoms with Crippen LogP contribution >= 0.6 is 0 Å². The van der Waals surface area contributed by atoms with Gasteiger partial charge in [-0.1, -0.05) is 0 Å². The number of carbonyl (C=O) groups is 2. The zero-order valence-corrected chi connectivity index (χ0v) is 6.31. The molecule has 0 aromatic carbocycles. The molecule has 1 aromatic rings. The van der Waals surface area contributed by atoms with Crippen LogP contribution in [0.3, 0.4) is 0 Å². The molecule has 1 rings (SSSR count). The topological polar surface area (TPSA) is 84.2 Å². The highest BCUT2D eigenvalue weighted by atomic mass is 16.4. The van der Waals surface area contributed by atoms with Crippen LogP contribution in [0, 0.1) is 0 Å². The van der Waals surface area contributed by atoms with Gasteiger partial charge in [0.05, 0.1) is 0 Å². The number of aryl methyl sites for hydroxylation is 1. The minimum Gasteiger partial charge on any atom is -0.465 e. The van der Waals surface area contributed by atoms with Crippen LogP contribution in [0.15, 0.2) is 6.20 Å². The summed E-state index contributed by atoms with van der Waals surface area (Å²) in [7, 11) is 1.60. The number of carbonyl (C=O) groups excluding carboxylic acids is 1. The molecule has 0 bridgehead atoms. The van der Waals surface area contributed by atoms with Crippen LogP contribution in [0.2, 0.25) is 0 Å². The van der Waals surface area contributed by atoms with Crippen molar-refractivity contribution in [3.8, 4) is 0 Å². The van der Waals surface area contributed by atoms with E-state index in [1.165, 1.54) is 10.8 Å². The summed E-state index contributed by atoms with van der Waals surface area (Å²) in [4.78, 5) is 24.1. The van der Waals surface area contributed by atoms with Crippen molar-refractivity contribution in [1.82, 2.24) is 9.55 Å². The molecular weight excluding hydrogens is 162 g/mol. The Morgan fingerprint density at radius 1 is 1.83 bits per heavy atom. The van der Waals surface area contributed by atoms with Crippen molar-refractivity contribution in [3.63, 3.8) is 0 Å². The molecule has 6 nitrogen and oxygen atoms in total. The van der Waals surface area contributed by atoms with E-state index in [1.807, 2.05) is 5.32 Å². The number of amides is 1. The van der Waals surface area contributed by atoms with Crippen LogP contribution in [0.5, 0.6) is 0 Å². The number of hydrogen-bond acceptors (Lipinski definition) is 3. The van der Waals surface area contributed by atoms with Gasteiger partial charge in [0.25, 0.3) is 0 Å². The van der Waals surface area contributed by atoms with Crippen molar-refractivity contribution in [1.29, 1.82) is 0 Å². The number of aldehydes is 1. The van der Waals surface area contributed by atoms with Gasteiger partial charge in [-0.15, -0.1) is 0 Å². The van der Waals surface area contributed by atoms with Gasteiger partial charge in [-0.05, 0) is 0 Å². The standard InChI is InChI=1S/C6H7N3O3/c1-9-2-4(8-6(11)12)7-5(9)3-10/h2-3,8H,1H3,(H,11,12). The lowest BCUT2D eigenvalue weighted by atomic mass is 10.7. The molecule has 0 unspecified atom stereocenters. The Balaban J connectivity index is 2.89. The number of rotatable bonds is 2. The third-order valence-electron chi connectivity index (χ3n) is 1.25. The van der Waals surface area contributed by atoms with Gasteiger partial charge >= 0.3 is 6.09 Å². The summed E-state index contributed by atoms with van der Waals surface area (Å²) in [5.74, 6) is 0.325. The van der Waals surface area contributed by atoms with Crippen LogP contribution in [-0.4, -0.2) is 27.0 Å². The molecule has 0 spiro atoms. The predicted octanol–water partition coefficient (Wildman–Crippen LogP) is 0.322. The second-order valence-electron chi connectivity index (χ2n) is 2.14. The van der Waals surface area contributed by atoms with E-state index in [1.54, 1.807) is 7.05 Å². The number of imidazole rings is 1. The van der Waals surface area contributed by atoms with Crippen LogP contribution < -0.4 is 5.32 Å². The number of carboxylic acid groups (broad SMARTS) is 1. The van der Waals surface area contributed by atoms with Gasteiger partial charge in [0.2, 0.25) is 0 Å². The Labute approximate surface area is 67.8 Å². The number of anilines is 1. The summed E-state index contributed by atoms with van der Waals surface area (Å²) in [5.41, 5.74) is 0. The lowest BCUT2D eigenvalue weighted by molar-refractivity contribution is 0.111. The number of aromatic nitrogens is 2. The van der Waals surface area contributed by atoms with Crippen molar-refractivity contribution in [2.24, 2.45) is 7.05 Å². The molecule has 0 saturated carbocycles. The molecule has 1 aromatic heterocycles. The zero-order chi connectivity index (χ0) is 9.14. The molecule has 0 radical (unpaired) electrons. The van der Waals surface area contributed by atoms with E-state index in [2.05, 4.69) is 4.98 Å². The lowest BCUT2D eigenvalue weighted by Gasteiger charge is -1.90. The zero-order valence-electron chi connectivity index (χ0n) is 6.31. The average molecular weight is 169 g/mol. The molecule has 0 atom stereocenters. The highest BCUT2D eigenvalue weighted by Crippen LogP contribution is 2.04. The summed E-state index contributed by atoms with van der Waals surface area (Å²) < 4.78 is 1.43. The van der Waals surface area contributed by atoms with E-state index >= 15 is 0 Å². The fourth-order valence-electron chi connectivity index (χ4n) is 0.760. The Kier molecular flexibility index (Phi) is 2.09. The first kappa shape index (κ1) is 8.25. The molecule has 64 valence electrons. The fraction of sp³-hybridized carbons (Fsp3) is 0.167. The van der Waals surface area contributed by atoms with Crippen LogP contribution in [0.1, 0.15) is 10.6 Å². The maximum Gasteiger partial charge on any atom is 0.410 e. The van der Waals surface area contributed by atoms with Crippen molar-refractivity contribution >= 4 is 18.2 Å². The summed E-state index contributed by atoms with van der Waals surface area (Å²) in [5, 5.41) is 10.3. The molecular formula is C6H7N3O3. The number of nitrogens with one attached hydrogen (secondary N) is 1. The lowest BCUT2D eigenvalue weighted by Crippen LogP contribution is -2.07. The maximum atomic E-state index is 10.3. The smallest absolute Gasteiger partial charge is 0.410 e. The Morgan fingerprint density at radius 3 is 2.92 bits per heavy atom. The summed E-state index contributed by atoms with van der Waals surface area (Å²) in [6, 6.07) is 0. The molecule has 0 aliphatic carbocycles. The van der Waals surface area contributed by atoms with Gasteiger partial charge in [-0.2, -0.15) is 0 Å². The van der Waals surface area contributed by atoms with Gasteiger partial charge in [-0.3, -0.25) is 10.1 Å². The van der Waals surface area contributed by atoms with Crippen LogP contribution in [0.4, 0.5) is 10.6 Å². The highest BCUT2D eigenvalue weighted by molar-refractivity contribution is 5.82. The first-order valence-corrected chi connectivity index (χ1v) is 3.12. The summed E-state index contributed by atoms with van der Waals surface area (Å²) in [6.45, 7) is 0. The van der Waals surface area contributed by atoms with E-state index in [4.69, 9.17) is 5.11 Å². The first-order chi connectivity index (χ1) is 5.63. The van der Waals surface area contributed by atoms with Crippen molar-refractivity contribution in [2.75, 3.05) is 5.32 Å². The van der Waals surface area contributed by atoms with Gasteiger partial charge in [0, 0.05) is 13.2 Å². The monoisotopic (exact) mass is 169 g/mol. The van der Waals surface area contributed by atoms with Gasteiger partial charge in [-0.25, -0.2) is 9.78 Å². The minimum absolute atomic E-state index is 0.145. The van der Waals surface area contributed by atoms with E-state index in [0.717, 1.165) is 0 Å². The number of hydrogen-bond donors (Lipinski definition) is 2. The third-order valence-corrected chi connectivity index (χ3v) is 1.25. The van der Waals surface area contributed by atoms with E-state index in [0.29, 0.717) is 6.29 Å². The second kappa shape index (κ2) is 3.04. The molecule has 0 fully saturated rings. The van der Waals surface area contributed by atoms with Crippen molar-refractivity contribution in [3.05, 3.63) is 12.0 Å². The molecule has 2 N–H and O–H groups in total. The van der Waals surface area contributed by atoms with Gasteiger partial charge in [0.1, 0.15) is 0 Å². The largest absolute Gasteiger partial charge is 0.465 e. The number of nitrogens with zero attached hydrogens (tertiary/aromatic N) is 2. The molecule has 0 aliphatic rings.